The van der Waals surface area contributed by atoms with Crippen molar-refractivity contribution in [1.29, 1.82) is 10.5 Å². The fraction of sp³-hybridized carbons (Fsp3) is 0.105. The zero-order valence-electron chi connectivity index (χ0n) is 13.6. The second-order valence-corrected chi connectivity index (χ2v) is 6.00. The van der Waals surface area contributed by atoms with E-state index in [4.69, 9.17) is 5.26 Å². The van der Waals surface area contributed by atoms with Gasteiger partial charge in [0.05, 0.1) is 6.04 Å². The summed E-state index contributed by atoms with van der Waals surface area (Å²) >= 11 is 1.07. The van der Waals surface area contributed by atoms with Crippen molar-refractivity contribution in [2.24, 2.45) is 0 Å². The molecule has 0 aliphatic heterocycles. The molecule has 2 N–H and O–H groups in total. The van der Waals surface area contributed by atoms with Crippen LogP contribution in [0.5, 0.6) is 0 Å². The molecular weight excluding hydrogens is 332 g/mol. The van der Waals surface area contributed by atoms with Crippen LogP contribution >= 0.6 is 11.8 Å². The third kappa shape index (κ3) is 5.42. The van der Waals surface area contributed by atoms with E-state index in [0.29, 0.717) is 0 Å². The van der Waals surface area contributed by atoms with Gasteiger partial charge in [0.15, 0.2) is 0 Å². The lowest BCUT2D eigenvalue weighted by molar-refractivity contribution is -0.117. The molecule has 0 radical (unpaired) electrons. The quantitative estimate of drug-likeness (QED) is 0.357. The maximum atomic E-state index is 12.2. The Morgan fingerprint density at radius 2 is 1.80 bits per heavy atom. The Morgan fingerprint density at radius 1 is 1.12 bits per heavy atom. The standard InChI is InChI=1S/C19H16N4OS/c1-14(15-5-3-2-4-6-15)23-19(24)16(11-20)12-22-17-7-9-18(10-8-17)25-13-21/h2-10,12,14,22H,1H3,(H,23,24)/b16-12-. The zero-order chi connectivity index (χ0) is 18.1. The molecule has 0 fully saturated rings. The highest BCUT2D eigenvalue weighted by atomic mass is 32.2. The first-order chi connectivity index (χ1) is 12.1. The Bertz CT molecular complexity index is 832. The van der Waals surface area contributed by atoms with E-state index in [1.54, 1.807) is 24.3 Å². The molecule has 0 heterocycles. The minimum absolute atomic E-state index is 0.0155. The summed E-state index contributed by atoms with van der Waals surface area (Å²) in [6.07, 6.45) is 1.37. The third-order valence-corrected chi connectivity index (χ3v) is 4.01. The van der Waals surface area contributed by atoms with Gasteiger partial charge in [-0.15, -0.1) is 0 Å². The maximum absolute atomic E-state index is 12.2. The van der Waals surface area contributed by atoms with Gasteiger partial charge in [-0.05, 0) is 48.5 Å². The molecule has 0 bridgehead atoms. The van der Waals surface area contributed by atoms with E-state index in [9.17, 15) is 10.1 Å². The van der Waals surface area contributed by atoms with Gasteiger partial charge in [0.25, 0.3) is 5.91 Å². The summed E-state index contributed by atoms with van der Waals surface area (Å²) < 4.78 is 0. The molecule has 0 aromatic heterocycles. The number of benzene rings is 2. The van der Waals surface area contributed by atoms with E-state index >= 15 is 0 Å². The first-order valence-electron chi connectivity index (χ1n) is 7.52. The van der Waals surface area contributed by atoms with Crippen LogP contribution in [-0.4, -0.2) is 5.91 Å². The van der Waals surface area contributed by atoms with Crippen LogP contribution in [-0.2, 0) is 4.79 Å². The summed E-state index contributed by atoms with van der Waals surface area (Å²) in [7, 11) is 0. The van der Waals surface area contributed by atoms with Gasteiger partial charge < -0.3 is 10.6 Å². The Labute approximate surface area is 151 Å². The van der Waals surface area contributed by atoms with E-state index in [0.717, 1.165) is 27.9 Å². The van der Waals surface area contributed by atoms with Crippen molar-refractivity contribution < 1.29 is 4.79 Å². The van der Waals surface area contributed by atoms with Gasteiger partial charge in [-0.2, -0.15) is 10.5 Å². The topological polar surface area (TPSA) is 88.7 Å². The lowest BCUT2D eigenvalue weighted by Crippen LogP contribution is -2.28. The van der Waals surface area contributed by atoms with E-state index in [2.05, 4.69) is 10.6 Å². The molecule has 2 aromatic rings. The number of amides is 1. The third-order valence-electron chi connectivity index (χ3n) is 3.41. The number of carbonyl (C=O) groups excluding carboxylic acids is 1. The summed E-state index contributed by atoms with van der Waals surface area (Å²) in [5, 5.41) is 25.6. The molecule has 0 saturated carbocycles. The first-order valence-corrected chi connectivity index (χ1v) is 8.34. The molecule has 2 rings (SSSR count). The van der Waals surface area contributed by atoms with Crippen molar-refractivity contribution in [3.05, 3.63) is 71.9 Å². The molecule has 0 aliphatic rings. The number of nitrogens with zero attached hydrogens (tertiary/aromatic N) is 2. The second-order valence-electron chi connectivity index (χ2n) is 5.14. The molecule has 25 heavy (non-hydrogen) atoms. The Morgan fingerprint density at radius 3 is 2.40 bits per heavy atom. The lowest BCUT2D eigenvalue weighted by Gasteiger charge is -2.13. The van der Waals surface area contributed by atoms with Crippen molar-refractivity contribution in [2.75, 3.05) is 5.32 Å². The number of rotatable bonds is 6. The Balaban J connectivity index is 2.00. The van der Waals surface area contributed by atoms with E-state index in [1.807, 2.05) is 48.7 Å². The van der Waals surface area contributed by atoms with Crippen molar-refractivity contribution in [1.82, 2.24) is 5.32 Å². The molecule has 124 valence electrons. The molecule has 0 spiro atoms. The van der Waals surface area contributed by atoms with Crippen LogP contribution in [0.25, 0.3) is 0 Å². The molecule has 1 unspecified atom stereocenters. The molecule has 0 saturated heterocycles. The number of nitrogens with one attached hydrogen (secondary N) is 2. The van der Waals surface area contributed by atoms with Crippen LogP contribution in [0.2, 0.25) is 0 Å². The predicted octanol–water partition coefficient (Wildman–Crippen LogP) is 3.96. The average molecular weight is 348 g/mol. The van der Waals surface area contributed by atoms with Crippen molar-refractivity contribution >= 4 is 23.4 Å². The van der Waals surface area contributed by atoms with Gasteiger partial charge in [0.2, 0.25) is 0 Å². The summed E-state index contributed by atoms with van der Waals surface area (Å²) in [5.74, 6) is -0.442. The summed E-state index contributed by atoms with van der Waals surface area (Å²) in [5.41, 5.74) is 1.67. The van der Waals surface area contributed by atoms with Crippen LogP contribution in [0.3, 0.4) is 0 Å². The normalized spacial score (nSPS) is 11.7. The van der Waals surface area contributed by atoms with Gasteiger partial charge in [-0.1, -0.05) is 30.3 Å². The fourth-order valence-electron chi connectivity index (χ4n) is 2.08. The molecular formula is C19H16N4OS. The minimum atomic E-state index is -0.442. The van der Waals surface area contributed by atoms with Gasteiger partial charge in [0.1, 0.15) is 17.0 Å². The SMILES string of the molecule is CC(NC(=O)/C(C#N)=C\Nc1ccc(SC#N)cc1)c1ccccc1. The van der Waals surface area contributed by atoms with E-state index in [-0.39, 0.29) is 11.6 Å². The molecule has 5 nitrogen and oxygen atoms in total. The number of carbonyl (C=O) groups is 1. The maximum Gasteiger partial charge on any atom is 0.263 e. The highest BCUT2D eigenvalue weighted by Crippen LogP contribution is 2.19. The van der Waals surface area contributed by atoms with Crippen LogP contribution in [0, 0.1) is 22.0 Å². The van der Waals surface area contributed by atoms with Gasteiger partial charge in [-0.3, -0.25) is 4.79 Å². The molecule has 2 aromatic carbocycles. The predicted molar refractivity (Wildman–Crippen MR) is 98.2 cm³/mol. The Hall–Kier alpha value is -3.22. The van der Waals surface area contributed by atoms with Crippen LogP contribution in [0.1, 0.15) is 18.5 Å². The summed E-state index contributed by atoms with van der Waals surface area (Å²) in [6.45, 7) is 1.86. The van der Waals surface area contributed by atoms with Gasteiger partial charge >= 0.3 is 0 Å². The van der Waals surface area contributed by atoms with E-state index < -0.39 is 5.91 Å². The molecule has 6 heteroatoms. The smallest absolute Gasteiger partial charge is 0.263 e. The number of hydrogen-bond donors (Lipinski definition) is 2. The van der Waals surface area contributed by atoms with Crippen LogP contribution in [0.4, 0.5) is 5.69 Å². The average Bonchev–Trinajstić information content (AvgIpc) is 2.64. The largest absolute Gasteiger partial charge is 0.360 e. The Kier molecular flexibility index (Phi) is 6.65. The number of hydrogen-bond acceptors (Lipinski definition) is 5. The summed E-state index contributed by atoms with van der Waals surface area (Å²) in [4.78, 5) is 13.1. The first kappa shape index (κ1) is 18.1. The molecule has 1 amide bonds. The molecule has 1 atom stereocenters. The molecule has 0 aliphatic carbocycles. The van der Waals surface area contributed by atoms with Gasteiger partial charge in [0, 0.05) is 16.8 Å². The minimum Gasteiger partial charge on any atom is -0.360 e. The summed E-state index contributed by atoms with van der Waals surface area (Å²) in [6, 6.07) is 18.4. The number of nitriles is 2. The fourth-order valence-corrected chi connectivity index (χ4v) is 2.45. The highest BCUT2D eigenvalue weighted by molar-refractivity contribution is 8.03. The second kappa shape index (κ2) is 9.17. The number of thiocyanates is 1. The number of thioether (sulfide) groups is 1. The zero-order valence-corrected chi connectivity index (χ0v) is 14.4. The van der Waals surface area contributed by atoms with Crippen molar-refractivity contribution in [3.63, 3.8) is 0 Å². The van der Waals surface area contributed by atoms with Crippen molar-refractivity contribution in [2.45, 2.75) is 17.9 Å². The highest BCUT2D eigenvalue weighted by Gasteiger charge is 2.13. The van der Waals surface area contributed by atoms with Gasteiger partial charge in [-0.25, -0.2) is 0 Å². The monoisotopic (exact) mass is 348 g/mol. The number of anilines is 1. The van der Waals surface area contributed by atoms with Crippen LogP contribution < -0.4 is 10.6 Å². The van der Waals surface area contributed by atoms with E-state index in [1.165, 1.54) is 6.20 Å². The van der Waals surface area contributed by atoms with Crippen molar-refractivity contribution in [3.8, 4) is 11.5 Å². The lowest BCUT2D eigenvalue weighted by atomic mass is 10.1. The van der Waals surface area contributed by atoms with Crippen LogP contribution in [0.15, 0.2) is 71.3 Å².